The fourth-order valence-electron chi connectivity index (χ4n) is 3.79. The van der Waals surface area contributed by atoms with E-state index in [4.69, 9.17) is 0 Å². The molecular weight excluding hydrogens is 252 g/mol. The van der Waals surface area contributed by atoms with Crippen LogP contribution < -0.4 is 0 Å². The number of allylic oxidation sites excluding steroid dienone is 4. The Kier molecular flexibility index (Phi) is 1.97. The predicted molar refractivity (Wildman–Crippen MR) is 91.4 cm³/mol. The zero-order chi connectivity index (χ0) is 14.0. The topological polar surface area (TPSA) is 0 Å². The molecule has 0 amide bonds. The molecule has 0 aromatic heterocycles. The van der Waals surface area contributed by atoms with Crippen molar-refractivity contribution in [3.63, 3.8) is 0 Å². The van der Waals surface area contributed by atoms with Crippen LogP contribution in [0, 0.1) is 0 Å². The molecule has 98 valence electrons. The SMILES string of the molecule is C=C1C=CC2C=Cc3c4ccccc4cc4ccc1c2c34. The Morgan fingerprint density at radius 3 is 2.67 bits per heavy atom. The smallest absolute Gasteiger partial charge is 0.0217 e. The number of hydrogen-bond donors (Lipinski definition) is 0. The van der Waals surface area contributed by atoms with E-state index < -0.39 is 0 Å². The van der Waals surface area contributed by atoms with Crippen molar-refractivity contribution in [3.8, 4) is 0 Å². The maximum atomic E-state index is 4.20. The van der Waals surface area contributed by atoms with E-state index >= 15 is 0 Å². The van der Waals surface area contributed by atoms with Gasteiger partial charge in [-0.25, -0.2) is 0 Å². The molecule has 3 aromatic carbocycles. The molecule has 0 fully saturated rings. The first-order valence-corrected chi connectivity index (χ1v) is 7.37. The van der Waals surface area contributed by atoms with Crippen molar-refractivity contribution in [1.82, 2.24) is 0 Å². The largest absolute Gasteiger partial charge is 0.0912 e. The van der Waals surface area contributed by atoms with Gasteiger partial charge in [-0.1, -0.05) is 67.3 Å². The fourth-order valence-corrected chi connectivity index (χ4v) is 3.79. The van der Waals surface area contributed by atoms with Crippen LogP contribution in [-0.4, -0.2) is 0 Å². The van der Waals surface area contributed by atoms with E-state index in [1.807, 2.05) is 0 Å². The van der Waals surface area contributed by atoms with Crippen molar-refractivity contribution < 1.29 is 0 Å². The molecule has 0 radical (unpaired) electrons. The molecule has 3 aromatic rings. The van der Waals surface area contributed by atoms with Gasteiger partial charge in [-0.15, -0.1) is 0 Å². The van der Waals surface area contributed by atoms with E-state index in [1.165, 1.54) is 38.2 Å². The lowest BCUT2D eigenvalue weighted by Crippen LogP contribution is -2.06. The zero-order valence-corrected chi connectivity index (χ0v) is 11.6. The third kappa shape index (κ3) is 1.34. The summed E-state index contributed by atoms with van der Waals surface area (Å²) in [7, 11) is 0. The summed E-state index contributed by atoms with van der Waals surface area (Å²) < 4.78 is 0. The number of fused-ring (bicyclic) bond motifs is 2. The monoisotopic (exact) mass is 266 g/mol. The summed E-state index contributed by atoms with van der Waals surface area (Å²) in [6.07, 6.45) is 9.02. The van der Waals surface area contributed by atoms with Gasteiger partial charge in [0, 0.05) is 5.92 Å². The molecule has 1 atom stereocenters. The van der Waals surface area contributed by atoms with E-state index in [2.05, 4.69) is 73.3 Å². The van der Waals surface area contributed by atoms with Gasteiger partial charge in [0.15, 0.2) is 0 Å². The van der Waals surface area contributed by atoms with Crippen LogP contribution in [0.15, 0.2) is 67.3 Å². The first kappa shape index (κ1) is 11.1. The van der Waals surface area contributed by atoms with Gasteiger partial charge in [-0.2, -0.15) is 0 Å². The average molecular weight is 266 g/mol. The minimum absolute atomic E-state index is 0.392. The van der Waals surface area contributed by atoms with Crippen molar-refractivity contribution in [3.05, 3.63) is 84.0 Å². The van der Waals surface area contributed by atoms with Crippen LogP contribution >= 0.6 is 0 Å². The maximum absolute atomic E-state index is 4.20. The highest BCUT2D eigenvalue weighted by Gasteiger charge is 2.23. The molecule has 0 bridgehead atoms. The molecule has 0 saturated heterocycles. The lowest BCUT2D eigenvalue weighted by atomic mass is 9.77. The lowest BCUT2D eigenvalue weighted by molar-refractivity contribution is 1.08. The average Bonchev–Trinajstić information content (AvgIpc) is 2.53. The van der Waals surface area contributed by atoms with Gasteiger partial charge >= 0.3 is 0 Å². The second kappa shape index (κ2) is 3.73. The minimum Gasteiger partial charge on any atom is -0.0912 e. The van der Waals surface area contributed by atoms with Gasteiger partial charge in [0.25, 0.3) is 0 Å². The third-order valence-electron chi connectivity index (χ3n) is 4.76. The first-order chi connectivity index (χ1) is 10.3. The Bertz CT molecular complexity index is 999. The van der Waals surface area contributed by atoms with Crippen LogP contribution in [0.5, 0.6) is 0 Å². The van der Waals surface area contributed by atoms with Crippen LogP contribution in [0.1, 0.15) is 22.6 Å². The van der Waals surface area contributed by atoms with Gasteiger partial charge in [0.05, 0.1) is 0 Å². The summed E-state index contributed by atoms with van der Waals surface area (Å²) in [6, 6.07) is 15.4. The molecule has 0 nitrogen and oxygen atoms in total. The van der Waals surface area contributed by atoms with Crippen molar-refractivity contribution in [1.29, 1.82) is 0 Å². The van der Waals surface area contributed by atoms with Crippen molar-refractivity contribution in [2.75, 3.05) is 0 Å². The van der Waals surface area contributed by atoms with Crippen LogP contribution in [-0.2, 0) is 0 Å². The number of rotatable bonds is 0. The van der Waals surface area contributed by atoms with E-state index in [9.17, 15) is 0 Å². The van der Waals surface area contributed by atoms with Gasteiger partial charge < -0.3 is 0 Å². The predicted octanol–water partition coefficient (Wildman–Crippen LogP) is 5.69. The van der Waals surface area contributed by atoms with E-state index in [-0.39, 0.29) is 0 Å². The molecule has 0 saturated carbocycles. The fraction of sp³-hybridized carbons (Fsp3) is 0.0476. The van der Waals surface area contributed by atoms with Crippen molar-refractivity contribution in [2.45, 2.75) is 5.92 Å². The van der Waals surface area contributed by atoms with Crippen molar-refractivity contribution >= 4 is 33.2 Å². The summed E-state index contributed by atoms with van der Waals surface area (Å²) in [6.45, 7) is 4.20. The Balaban J connectivity index is 2.06. The van der Waals surface area contributed by atoms with Crippen LogP contribution in [0.2, 0.25) is 0 Å². The maximum Gasteiger partial charge on any atom is 0.0217 e. The van der Waals surface area contributed by atoms with Gasteiger partial charge in [-0.3, -0.25) is 0 Å². The Morgan fingerprint density at radius 1 is 0.857 bits per heavy atom. The number of benzene rings is 3. The zero-order valence-electron chi connectivity index (χ0n) is 11.6. The molecule has 0 heterocycles. The normalized spacial score (nSPS) is 18.7. The highest BCUT2D eigenvalue weighted by Crippen LogP contribution is 2.44. The van der Waals surface area contributed by atoms with E-state index in [0.717, 1.165) is 5.57 Å². The third-order valence-corrected chi connectivity index (χ3v) is 4.76. The standard InChI is InChI=1S/C21H14/c1-13-6-7-14-8-11-19-18-5-3-2-4-15(18)12-16-9-10-17(13)20(14)21(16)19/h2-12,14H,1H2. The molecular formula is C21H14. The van der Waals surface area contributed by atoms with E-state index in [0.29, 0.717) is 5.92 Å². The highest BCUT2D eigenvalue weighted by molar-refractivity contribution is 6.11. The summed E-state index contributed by atoms with van der Waals surface area (Å²) in [5.41, 5.74) is 5.22. The highest BCUT2D eigenvalue weighted by atomic mass is 14.3. The van der Waals surface area contributed by atoms with Crippen LogP contribution in [0.25, 0.3) is 33.2 Å². The molecule has 5 rings (SSSR count). The van der Waals surface area contributed by atoms with Gasteiger partial charge in [0.1, 0.15) is 0 Å². The summed E-state index contributed by atoms with van der Waals surface area (Å²) >= 11 is 0. The molecule has 2 aliphatic rings. The molecule has 1 unspecified atom stereocenters. The second-order valence-electron chi connectivity index (χ2n) is 5.91. The van der Waals surface area contributed by atoms with Crippen molar-refractivity contribution in [2.24, 2.45) is 0 Å². The van der Waals surface area contributed by atoms with E-state index in [1.54, 1.807) is 0 Å². The molecule has 0 heteroatoms. The second-order valence-corrected chi connectivity index (χ2v) is 5.91. The number of hydrogen-bond acceptors (Lipinski definition) is 0. The van der Waals surface area contributed by atoms with Crippen LogP contribution in [0.4, 0.5) is 0 Å². The Morgan fingerprint density at radius 2 is 1.71 bits per heavy atom. The lowest BCUT2D eigenvalue weighted by Gasteiger charge is -2.26. The summed E-state index contributed by atoms with van der Waals surface area (Å²) in [5, 5.41) is 5.39. The molecule has 21 heavy (non-hydrogen) atoms. The Hall–Kier alpha value is -2.60. The first-order valence-electron chi connectivity index (χ1n) is 7.37. The van der Waals surface area contributed by atoms with Gasteiger partial charge in [-0.05, 0) is 49.9 Å². The molecule has 0 aliphatic heterocycles. The molecule has 0 N–H and O–H groups in total. The summed E-state index contributed by atoms with van der Waals surface area (Å²) in [4.78, 5) is 0. The quantitative estimate of drug-likeness (QED) is 0.459. The minimum atomic E-state index is 0.392. The van der Waals surface area contributed by atoms with Gasteiger partial charge in [0.2, 0.25) is 0 Å². The molecule has 2 aliphatic carbocycles. The summed E-state index contributed by atoms with van der Waals surface area (Å²) in [5.74, 6) is 0.392. The van der Waals surface area contributed by atoms with Crippen LogP contribution in [0.3, 0.4) is 0 Å². The Labute approximate surface area is 123 Å². The molecule has 0 spiro atoms.